The van der Waals surface area contributed by atoms with Crippen molar-refractivity contribution in [3.63, 3.8) is 0 Å². The number of thioether (sulfide) groups is 1. The van der Waals surface area contributed by atoms with Crippen molar-refractivity contribution in [2.75, 3.05) is 5.75 Å². The number of aromatic carboxylic acids is 1. The quantitative estimate of drug-likeness (QED) is 0.686. The molecule has 3 nitrogen and oxygen atoms in total. The Morgan fingerprint density at radius 2 is 2.00 bits per heavy atom. The lowest BCUT2D eigenvalue weighted by Gasteiger charge is -2.08. The minimum Gasteiger partial charge on any atom is -0.478 e. The minimum absolute atomic E-state index is 0.0170. The van der Waals surface area contributed by atoms with E-state index in [1.807, 2.05) is 0 Å². The summed E-state index contributed by atoms with van der Waals surface area (Å²) >= 11 is 1.08. The molecule has 0 aromatic heterocycles. The topological polar surface area (TPSA) is 54.4 Å². The highest BCUT2D eigenvalue weighted by atomic mass is 32.2. The van der Waals surface area contributed by atoms with Gasteiger partial charge in [0.2, 0.25) is 0 Å². The lowest BCUT2D eigenvalue weighted by molar-refractivity contribution is -0.137. The zero-order chi connectivity index (χ0) is 16.0. The molecule has 1 rings (SSSR count). The molecule has 0 radical (unpaired) electrons. The predicted octanol–water partition coefficient (Wildman–Crippen LogP) is 3.42. The Labute approximate surface area is 123 Å². The number of alkyl halides is 3. The number of benzene rings is 1. The van der Waals surface area contributed by atoms with Gasteiger partial charge in [-0.05, 0) is 18.2 Å². The van der Waals surface area contributed by atoms with Gasteiger partial charge >= 0.3 is 12.1 Å². The van der Waals surface area contributed by atoms with Gasteiger partial charge < -0.3 is 5.11 Å². The van der Waals surface area contributed by atoms with Crippen LogP contribution in [0.25, 0.3) is 0 Å². The van der Waals surface area contributed by atoms with Crippen molar-refractivity contribution in [1.29, 1.82) is 0 Å². The molecule has 0 spiro atoms. The third-order valence-electron chi connectivity index (χ3n) is 2.33. The molecule has 7 heteroatoms. The predicted molar refractivity (Wildman–Crippen MR) is 73.0 cm³/mol. The van der Waals surface area contributed by atoms with Gasteiger partial charge in [-0.1, -0.05) is 23.6 Å². The lowest BCUT2D eigenvalue weighted by Crippen LogP contribution is -2.08. The van der Waals surface area contributed by atoms with E-state index in [2.05, 4.69) is 11.8 Å². The Morgan fingerprint density at radius 1 is 1.33 bits per heavy atom. The van der Waals surface area contributed by atoms with E-state index in [-0.39, 0.29) is 10.7 Å². The van der Waals surface area contributed by atoms with E-state index >= 15 is 0 Å². The molecule has 0 saturated heterocycles. The Balaban J connectivity index is 2.95. The molecule has 0 aliphatic rings. The molecule has 21 heavy (non-hydrogen) atoms. The molecule has 0 bridgehead atoms. The van der Waals surface area contributed by atoms with Gasteiger partial charge in [-0.2, -0.15) is 13.2 Å². The smallest absolute Gasteiger partial charge is 0.416 e. The summed E-state index contributed by atoms with van der Waals surface area (Å²) in [5, 5.41) is 8.89. The summed E-state index contributed by atoms with van der Waals surface area (Å²) in [7, 11) is 0. The van der Waals surface area contributed by atoms with Crippen LogP contribution in [0.15, 0.2) is 18.2 Å². The fourth-order valence-corrected chi connectivity index (χ4v) is 1.90. The molecule has 0 heterocycles. The van der Waals surface area contributed by atoms with Gasteiger partial charge in [0.25, 0.3) is 0 Å². The van der Waals surface area contributed by atoms with Crippen LogP contribution in [0, 0.1) is 11.8 Å². The van der Waals surface area contributed by atoms with Gasteiger partial charge in [-0.25, -0.2) is 4.79 Å². The van der Waals surface area contributed by atoms with Crippen LogP contribution in [0.1, 0.15) is 34.8 Å². The maximum absolute atomic E-state index is 12.5. The summed E-state index contributed by atoms with van der Waals surface area (Å²) in [5.74, 6) is 4.15. The number of hydrogen-bond acceptors (Lipinski definition) is 3. The van der Waals surface area contributed by atoms with Crippen LogP contribution >= 0.6 is 11.8 Å². The second-order valence-corrected chi connectivity index (χ2v) is 5.23. The Hall–Kier alpha value is -1.94. The first-order valence-electron chi connectivity index (χ1n) is 5.78. The van der Waals surface area contributed by atoms with Crippen molar-refractivity contribution in [2.24, 2.45) is 0 Å². The molecule has 1 aromatic rings. The van der Waals surface area contributed by atoms with Crippen molar-refractivity contribution < 1.29 is 27.9 Å². The summed E-state index contributed by atoms with van der Waals surface area (Å²) in [6.45, 7) is 1.41. The van der Waals surface area contributed by atoms with Gasteiger partial charge in [0, 0.05) is 24.7 Å². The SMILES string of the molecule is CC(=O)SCCC#Cc1ccc(C(F)(F)F)cc1C(=O)O. The maximum atomic E-state index is 12.5. The van der Waals surface area contributed by atoms with E-state index in [1.54, 1.807) is 0 Å². The average Bonchev–Trinajstić information content (AvgIpc) is 2.36. The number of carbonyl (C=O) groups excluding carboxylic acids is 1. The molecule has 0 fully saturated rings. The minimum atomic E-state index is -4.60. The van der Waals surface area contributed by atoms with E-state index in [4.69, 9.17) is 5.11 Å². The zero-order valence-corrected chi connectivity index (χ0v) is 11.8. The van der Waals surface area contributed by atoms with E-state index in [1.165, 1.54) is 6.92 Å². The highest BCUT2D eigenvalue weighted by molar-refractivity contribution is 8.13. The second-order valence-electron chi connectivity index (χ2n) is 3.96. The number of carboxylic acid groups (broad SMARTS) is 1. The average molecular weight is 316 g/mol. The molecule has 0 amide bonds. The van der Waals surface area contributed by atoms with E-state index in [0.717, 1.165) is 23.9 Å². The van der Waals surface area contributed by atoms with Crippen LogP contribution in [-0.4, -0.2) is 21.9 Å². The molecular weight excluding hydrogens is 305 g/mol. The first-order chi connectivity index (χ1) is 9.71. The van der Waals surface area contributed by atoms with Crippen LogP contribution in [0.4, 0.5) is 13.2 Å². The molecule has 0 atom stereocenters. The molecule has 1 N–H and O–H groups in total. The van der Waals surface area contributed by atoms with Crippen molar-refractivity contribution >= 4 is 22.8 Å². The second kappa shape index (κ2) is 7.18. The van der Waals surface area contributed by atoms with Crippen molar-refractivity contribution in [3.05, 3.63) is 34.9 Å². The van der Waals surface area contributed by atoms with Gasteiger partial charge in [0.05, 0.1) is 11.1 Å². The van der Waals surface area contributed by atoms with Crippen LogP contribution in [0.5, 0.6) is 0 Å². The Morgan fingerprint density at radius 3 is 2.52 bits per heavy atom. The standard InChI is InChI=1S/C14H11F3O3S/c1-9(18)21-7-3-2-4-10-5-6-11(14(15,16)17)8-12(10)13(19)20/h5-6,8H,3,7H2,1H3,(H,19,20). The van der Waals surface area contributed by atoms with Gasteiger partial charge in [-0.3, -0.25) is 4.79 Å². The third kappa shape index (κ3) is 5.52. The number of halogens is 3. The molecule has 1 aromatic carbocycles. The maximum Gasteiger partial charge on any atom is 0.416 e. The molecule has 0 aliphatic carbocycles. The highest BCUT2D eigenvalue weighted by Gasteiger charge is 2.31. The first kappa shape index (κ1) is 17.1. The summed E-state index contributed by atoms with van der Waals surface area (Å²) in [6.07, 6.45) is -4.27. The van der Waals surface area contributed by atoms with Crippen molar-refractivity contribution in [1.82, 2.24) is 0 Å². The van der Waals surface area contributed by atoms with Crippen LogP contribution in [0.2, 0.25) is 0 Å². The Kier molecular flexibility index (Phi) is 5.85. The molecule has 0 saturated carbocycles. The number of hydrogen-bond donors (Lipinski definition) is 1. The fourth-order valence-electron chi connectivity index (χ4n) is 1.41. The normalized spacial score (nSPS) is 10.7. The van der Waals surface area contributed by atoms with E-state index < -0.39 is 23.3 Å². The molecule has 112 valence electrons. The lowest BCUT2D eigenvalue weighted by atomic mass is 10.0. The monoisotopic (exact) mass is 316 g/mol. The largest absolute Gasteiger partial charge is 0.478 e. The van der Waals surface area contributed by atoms with Crippen LogP contribution in [-0.2, 0) is 11.0 Å². The number of rotatable bonds is 3. The summed E-state index contributed by atoms with van der Waals surface area (Å²) in [6, 6.07) is 2.40. The number of carboxylic acids is 1. The molecule has 0 aliphatic heterocycles. The summed E-state index contributed by atoms with van der Waals surface area (Å²) < 4.78 is 37.6. The van der Waals surface area contributed by atoms with Gasteiger partial charge in [0.15, 0.2) is 5.12 Å². The van der Waals surface area contributed by atoms with Crippen LogP contribution < -0.4 is 0 Å². The van der Waals surface area contributed by atoms with E-state index in [9.17, 15) is 22.8 Å². The highest BCUT2D eigenvalue weighted by Crippen LogP contribution is 2.30. The van der Waals surface area contributed by atoms with Crippen LogP contribution in [0.3, 0.4) is 0 Å². The summed E-state index contributed by atoms with van der Waals surface area (Å²) in [4.78, 5) is 21.7. The molecular formula is C14H11F3O3S. The first-order valence-corrected chi connectivity index (χ1v) is 6.77. The Bertz CT molecular complexity index is 612. The third-order valence-corrected chi connectivity index (χ3v) is 3.15. The fraction of sp³-hybridized carbons (Fsp3) is 0.286. The number of carbonyl (C=O) groups is 2. The van der Waals surface area contributed by atoms with Crippen molar-refractivity contribution in [2.45, 2.75) is 19.5 Å². The van der Waals surface area contributed by atoms with E-state index in [0.29, 0.717) is 18.2 Å². The van der Waals surface area contributed by atoms with Gasteiger partial charge in [-0.15, -0.1) is 0 Å². The molecule has 0 unspecified atom stereocenters. The van der Waals surface area contributed by atoms with Crippen molar-refractivity contribution in [3.8, 4) is 11.8 Å². The zero-order valence-electron chi connectivity index (χ0n) is 11.0. The summed E-state index contributed by atoms with van der Waals surface area (Å²) in [5.41, 5.74) is -1.50. The van der Waals surface area contributed by atoms with Gasteiger partial charge in [0.1, 0.15) is 0 Å².